The van der Waals surface area contributed by atoms with Gasteiger partial charge >= 0.3 is 0 Å². The van der Waals surface area contributed by atoms with E-state index >= 15 is 0 Å². The van der Waals surface area contributed by atoms with Gasteiger partial charge in [0.25, 0.3) is 0 Å². The summed E-state index contributed by atoms with van der Waals surface area (Å²) >= 11 is 6.02. The van der Waals surface area contributed by atoms with Crippen LogP contribution >= 0.6 is 11.6 Å². The van der Waals surface area contributed by atoms with Gasteiger partial charge < -0.3 is 5.11 Å². The third kappa shape index (κ3) is 4.01. The van der Waals surface area contributed by atoms with Crippen LogP contribution in [0.2, 0.25) is 5.02 Å². The molecule has 2 rings (SSSR count). The lowest BCUT2D eigenvalue weighted by Crippen LogP contribution is -2.30. The molecule has 1 aromatic heterocycles. The van der Waals surface area contributed by atoms with Crippen LogP contribution in [0.1, 0.15) is 18.1 Å². The van der Waals surface area contributed by atoms with Crippen molar-refractivity contribution in [2.75, 3.05) is 0 Å². The molecule has 0 amide bonds. The number of aliphatic hydroxyl groups is 1. The second-order valence-electron chi connectivity index (χ2n) is 4.95. The van der Waals surface area contributed by atoms with E-state index in [1.54, 1.807) is 37.5 Å². The number of hydrogen-bond donors (Lipinski definition) is 1. The predicted octanol–water partition coefficient (Wildman–Crippen LogP) is 3.41. The fourth-order valence-corrected chi connectivity index (χ4v) is 2.29. The Bertz CT molecular complexity index is 572. The van der Waals surface area contributed by atoms with Gasteiger partial charge in [0, 0.05) is 25.2 Å². The molecule has 0 saturated carbocycles. The Balaban J connectivity index is 2.13. The molecule has 1 heterocycles. The zero-order chi connectivity index (χ0) is 13.9. The minimum atomic E-state index is -0.987. The highest BCUT2D eigenvalue weighted by Crippen LogP contribution is 2.23. The van der Waals surface area contributed by atoms with Crippen molar-refractivity contribution in [1.82, 2.24) is 4.98 Å². The first-order chi connectivity index (χ1) is 8.96. The van der Waals surface area contributed by atoms with E-state index in [9.17, 15) is 9.50 Å². The number of rotatable bonds is 4. The van der Waals surface area contributed by atoms with Gasteiger partial charge in [0.1, 0.15) is 5.82 Å². The highest BCUT2D eigenvalue weighted by Gasteiger charge is 2.23. The Hall–Kier alpha value is -1.45. The molecule has 0 radical (unpaired) electrons. The molecule has 0 aliphatic heterocycles. The van der Waals surface area contributed by atoms with Gasteiger partial charge in [0.05, 0.1) is 10.6 Å². The lowest BCUT2D eigenvalue weighted by molar-refractivity contribution is 0.0608. The number of aromatic nitrogens is 1. The Kier molecular flexibility index (Phi) is 4.17. The normalized spacial score (nSPS) is 14.1. The van der Waals surface area contributed by atoms with E-state index < -0.39 is 5.60 Å². The van der Waals surface area contributed by atoms with Crippen LogP contribution in [-0.2, 0) is 12.8 Å². The van der Waals surface area contributed by atoms with Crippen LogP contribution in [0.3, 0.4) is 0 Å². The molecule has 0 saturated heterocycles. The van der Waals surface area contributed by atoms with E-state index in [0.29, 0.717) is 17.9 Å². The molecule has 1 unspecified atom stereocenters. The molecule has 0 aliphatic carbocycles. The van der Waals surface area contributed by atoms with Crippen molar-refractivity contribution in [2.24, 2.45) is 0 Å². The molecule has 19 heavy (non-hydrogen) atoms. The maximum absolute atomic E-state index is 13.1. The van der Waals surface area contributed by atoms with Crippen LogP contribution in [0.25, 0.3) is 0 Å². The summed E-state index contributed by atoms with van der Waals surface area (Å²) in [5, 5.41) is 11.0. The number of hydrogen-bond acceptors (Lipinski definition) is 2. The third-order valence-electron chi connectivity index (χ3n) is 2.90. The van der Waals surface area contributed by atoms with E-state index in [4.69, 9.17) is 11.6 Å². The molecule has 0 spiro atoms. The van der Waals surface area contributed by atoms with E-state index in [0.717, 1.165) is 11.1 Å². The molecule has 1 N–H and O–H groups in total. The molecule has 1 aromatic carbocycles. The molecule has 2 nitrogen and oxygen atoms in total. The molecule has 0 bridgehead atoms. The molecule has 0 fully saturated rings. The van der Waals surface area contributed by atoms with Crippen LogP contribution < -0.4 is 0 Å². The summed E-state index contributed by atoms with van der Waals surface area (Å²) in [4.78, 5) is 3.91. The zero-order valence-electron chi connectivity index (χ0n) is 10.6. The van der Waals surface area contributed by atoms with Gasteiger partial charge in [0.2, 0.25) is 0 Å². The Labute approximate surface area is 116 Å². The van der Waals surface area contributed by atoms with Gasteiger partial charge in [-0.05, 0) is 36.2 Å². The van der Waals surface area contributed by atoms with Crippen molar-refractivity contribution < 1.29 is 9.50 Å². The predicted molar refractivity (Wildman–Crippen MR) is 73.7 cm³/mol. The standard InChI is InChI=1S/C15H15ClFNO/c1-15(19,8-11-3-2-4-13(17)7-11)9-12-5-6-18-10-14(12)16/h2-7,10,19H,8-9H2,1H3. The summed E-state index contributed by atoms with van der Waals surface area (Å²) in [5.41, 5.74) is 0.604. The highest BCUT2D eigenvalue weighted by molar-refractivity contribution is 6.31. The quantitative estimate of drug-likeness (QED) is 0.930. The zero-order valence-corrected chi connectivity index (χ0v) is 11.4. The fraction of sp³-hybridized carbons (Fsp3) is 0.267. The van der Waals surface area contributed by atoms with Gasteiger partial charge in [-0.1, -0.05) is 23.7 Å². The molecule has 4 heteroatoms. The van der Waals surface area contributed by atoms with E-state index in [-0.39, 0.29) is 5.82 Å². The molecule has 100 valence electrons. The Morgan fingerprint density at radius 2 is 2.11 bits per heavy atom. The van der Waals surface area contributed by atoms with Crippen LogP contribution in [-0.4, -0.2) is 15.7 Å². The van der Waals surface area contributed by atoms with Gasteiger partial charge in [0.15, 0.2) is 0 Å². The SMILES string of the molecule is CC(O)(Cc1cccc(F)c1)Cc1ccncc1Cl. The van der Waals surface area contributed by atoms with Gasteiger partial charge in [-0.3, -0.25) is 4.98 Å². The topological polar surface area (TPSA) is 33.1 Å². The van der Waals surface area contributed by atoms with Crippen molar-refractivity contribution in [1.29, 1.82) is 0 Å². The molecule has 0 aliphatic rings. The highest BCUT2D eigenvalue weighted by atomic mass is 35.5. The number of nitrogens with zero attached hydrogens (tertiary/aromatic N) is 1. The lowest BCUT2D eigenvalue weighted by atomic mass is 9.90. The minimum Gasteiger partial charge on any atom is -0.389 e. The summed E-state index contributed by atoms with van der Waals surface area (Å²) in [7, 11) is 0. The average molecular weight is 280 g/mol. The maximum Gasteiger partial charge on any atom is 0.123 e. The summed E-state index contributed by atoms with van der Waals surface area (Å²) < 4.78 is 13.1. The largest absolute Gasteiger partial charge is 0.389 e. The van der Waals surface area contributed by atoms with Crippen LogP contribution in [0.5, 0.6) is 0 Å². The number of benzene rings is 1. The molecular formula is C15H15ClFNO. The molecule has 2 aromatic rings. The third-order valence-corrected chi connectivity index (χ3v) is 3.24. The summed E-state index contributed by atoms with van der Waals surface area (Å²) in [6, 6.07) is 8.04. The average Bonchev–Trinajstić information content (AvgIpc) is 2.31. The van der Waals surface area contributed by atoms with E-state index in [1.807, 2.05) is 0 Å². The Morgan fingerprint density at radius 1 is 1.32 bits per heavy atom. The number of halogens is 2. The van der Waals surface area contributed by atoms with Gasteiger partial charge in [-0.25, -0.2) is 4.39 Å². The van der Waals surface area contributed by atoms with Crippen LogP contribution in [0.15, 0.2) is 42.7 Å². The summed E-state index contributed by atoms with van der Waals surface area (Å²) in [6.07, 6.45) is 3.95. The first-order valence-corrected chi connectivity index (χ1v) is 6.39. The summed E-state index contributed by atoms with van der Waals surface area (Å²) in [5.74, 6) is -0.296. The number of pyridine rings is 1. The van der Waals surface area contributed by atoms with Crippen LogP contribution in [0, 0.1) is 5.82 Å². The molecule has 1 atom stereocenters. The van der Waals surface area contributed by atoms with Crippen molar-refractivity contribution in [3.8, 4) is 0 Å². The van der Waals surface area contributed by atoms with Crippen molar-refractivity contribution in [3.63, 3.8) is 0 Å². The second-order valence-corrected chi connectivity index (χ2v) is 5.35. The van der Waals surface area contributed by atoms with Crippen molar-refractivity contribution in [3.05, 3.63) is 64.7 Å². The van der Waals surface area contributed by atoms with Crippen LogP contribution in [0.4, 0.5) is 4.39 Å². The monoisotopic (exact) mass is 279 g/mol. The van der Waals surface area contributed by atoms with Gasteiger partial charge in [-0.2, -0.15) is 0 Å². The maximum atomic E-state index is 13.1. The summed E-state index contributed by atoms with van der Waals surface area (Å²) in [6.45, 7) is 1.72. The first-order valence-electron chi connectivity index (χ1n) is 6.01. The second kappa shape index (κ2) is 5.68. The van der Waals surface area contributed by atoms with Gasteiger partial charge in [-0.15, -0.1) is 0 Å². The lowest BCUT2D eigenvalue weighted by Gasteiger charge is -2.24. The fourth-order valence-electron chi connectivity index (χ4n) is 2.11. The van der Waals surface area contributed by atoms with E-state index in [1.165, 1.54) is 12.1 Å². The van der Waals surface area contributed by atoms with Crippen molar-refractivity contribution >= 4 is 11.6 Å². The van der Waals surface area contributed by atoms with E-state index in [2.05, 4.69) is 4.98 Å². The molecular weight excluding hydrogens is 265 g/mol. The first kappa shape index (κ1) is 14.0. The minimum absolute atomic E-state index is 0.296. The smallest absolute Gasteiger partial charge is 0.123 e. The Morgan fingerprint density at radius 3 is 2.79 bits per heavy atom. The van der Waals surface area contributed by atoms with Crippen molar-refractivity contribution in [2.45, 2.75) is 25.4 Å².